The van der Waals surface area contributed by atoms with Crippen LogP contribution in [0.1, 0.15) is 36.3 Å². The van der Waals surface area contributed by atoms with E-state index in [1.807, 2.05) is 20.8 Å². The maximum Gasteiger partial charge on any atom is 0.372 e. The molecule has 1 heterocycles. The van der Waals surface area contributed by atoms with Gasteiger partial charge in [-0.05, 0) is 13.0 Å². The molecule has 0 saturated heterocycles. The number of Topliss-reactive ketones (excluding diaryl/α,β-unsaturated/α-hetero) is 2. The van der Waals surface area contributed by atoms with Crippen LogP contribution in [0.5, 0.6) is 0 Å². The Kier molecular flexibility index (Phi) is 5.88. The molecule has 0 aliphatic carbocycles. The molecule has 0 unspecified atom stereocenters. The number of nitrogens with zero attached hydrogens (tertiary/aromatic N) is 1. The van der Waals surface area contributed by atoms with Gasteiger partial charge in [0.2, 0.25) is 5.78 Å². The Labute approximate surface area is 100 Å². The maximum absolute atomic E-state index is 11.4. The van der Waals surface area contributed by atoms with Gasteiger partial charge in [0.05, 0.1) is 6.42 Å². The first kappa shape index (κ1) is 15.1. The van der Waals surface area contributed by atoms with Gasteiger partial charge in [-0.15, -0.1) is 0 Å². The van der Waals surface area contributed by atoms with Crippen LogP contribution in [0, 0.1) is 6.92 Å². The van der Waals surface area contributed by atoms with Crippen molar-refractivity contribution in [2.75, 3.05) is 0 Å². The molecule has 0 aliphatic heterocycles. The monoisotopic (exact) mass is 239 g/mol. The zero-order valence-electron chi connectivity index (χ0n) is 10.5. The largest absolute Gasteiger partial charge is 0.475 e. The van der Waals surface area contributed by atoms with Crippen molar-refractivity contribution in [3.05, 3.63) is 23.5 Å². The van der Waals surface area contributed by atoms with Crippen molar-refractivity contribution in [2.45, 2.75) is 27.2 Å². The first-order valence-electron chi connectivity index (χ1n) is 5.34. The second kappa shape index (κ2) is 6.62. The second-order valence-corrected chi connectivity index (χ2v) is 3.31. The lowest BCUT2D eigenvalue weighted by Crippen LogP contribution is -2.16. The summed E-state index contributed by atoms with van der Waals surface area (Å²) in [7, 11) is 1.77. The van der Waals surface area contributed by atoms with Gasteiger partial charge in [0.1, 0.15) is 0 Å². The number of aryl methyl sites for hydroxylation is 2. The molecule has 1 N–H and O–H groups in total. The summed E-state index contributed by atoms with van der Waals surface area (Å²) in [6, 6.07) is 1.62. The van der Waals surface area contributed by atoms with E-state index in [-0.39, 0.29) is 0 Å². The van der Waals surface area contributed by atoms with Gasteiger partial charge in [0.15, 0.2) is 5.78 Å². The van der Waals surface area contributed by atoms with E-state index in [4.69, 9.17) is 5.11 Å². The van der Waals surface area contributed by atoms with Gasteiger partial charge >= 0.3 is 5.97 Å². The summed E-state index contributed by atoms with van der Waals surface area (Å²) in [4.78, 5) is 32.4. The van der Waals surface area contributed by atoms with Crippen LogP contribution in [0.25, 0.3) is 0 Å². The van der Waals surface area contributed by atoms with E-state index in [2.05, 4.69) is 0 Å². The standard InChI is InChI=1S/C10H11NO4.C2H6/c1-6-3-7(5-11(6)2)8(12)4-9(13)10(14)15;1-2/h3,5H,4H2,1-2H3,(H,14,15);1-2H3. The van der Waals surface area contributed by atoms with Crippen molar-refractivity contribution in [3.8, 4) is 0 Å². The fraction of sp³-hybridized carbons (Fsp3) is 0.417. The number of carbonyl (C=O) groups excluding carboxylic acids is 2. The topological polar surface area (TPSA) is 76.4 Å². The number of carboxylic acids is 1. The molecule has 1 rings (SSSR count). The minimum absolute atomic E-state index is 0.365. The Bertz CT molecular complexity index is 412. The van der Waals surface area contributed by atoms with Crippen LogP contribution in [0.15, 0.2) is 12.3 Å². The Morgan fingerprint density at radius 1 is 1.29 bits per heavy atom. The summed E-state index contributed by atoms with van der Waals surface area (Å²) in [5.41, 5.74) is 1.24. The van der Waals surface area contributed by atoms with E-state index in [9.17, 15) is 14.4 Å². The van der Waals surface area contributed by atoms with Gasteiger partial charge in [-0.25, -0.2) is 4.79 Å². The Balaban J connectivity index is 0.00000121. The highest BCUT2D eigenvalue weighted by atomic mass is 16.4. The number of aromatic nitrogens is 1. The summed E-state index contributed by atoms with van der Waals surface area (Å²) in [6.45, 7) is 5.82. The van der Waals surface area contributed by atoms with Gasteiger partial charge in [-0.1, -0.05) is 13.8 Å². The van der Waals surface area contributed by atoms with Gasteiger partial charge in [-0.2, -0.15) is 0 Å². The molecule has 94 valence electrons. The molecule has 1 aromatic heterocycles. The van der Waals surface area contributed by atoms with Crippen molar-refractivity contribution < 1.29 is 19.5 Å². The zero-order chi connectivity index (χ0) is 13.6. The summed E-state index contributed by atoms with van der Waals surface area (Å²) in [5, 5.41) is 8.33. The highest BCUT2D eigenvalue weighted by molar-refractivity contribution is 6.37. The fourth-order valence-corrected chi connectivity index (χ4v) is 1.15. The van der Waals surface area contributed by atoms with E-state index in [0.717, 1.165) is 5.69 Å². The Hall–Kier alpha value is -1.91. The van der Waals surface area contributed by atoms with Crippen LogP contribution in [0.4, 0.5) is 0 Å². The number of carbonyl (C=O) groups is 3. The molecule has 0 atom stereocenters. The van der Waals surface area contributed by atoms with Gasteiger partial charge in [0.25, 0.3) is 0 Å². The summed E-state index contributed by atoms with van der Waals surface area (Å²) >= 11 is 0. The number of hydrogen-bond donors (Lipinski definition) is 1. The summed E-state index contributed by atoms with van der Waals surface area (Å²) < 4.78 is 1.73. The van der Waals surface area contributed by atoms with Crippen LogP contribution in [-0.4, -0.2) is 27.2 Å². The smallest absolute Gasteiger partial charge is 0.372 e. The molecule has 17 heavy (non-hydrogen) atoms. The molecule has 0 radical (unpaired) electrons. The maximum atomic E-state index is 11.4. The minimum Gasteiger partial charge on any atom is -0.475 e. The van der Waals surface area contributed by atoms with Crippen molar-refractivity contribution >= 4 is 17.5 Å². The lowest BCUT2D eigenvalue weighted by atomic mass is 10.1. The third kappa shape index (κ3) is 4.22. The van der Waals surface area contributed by atoms with Crippen LogP contribution in [-0.2, 0) is 16.6 Å². The molecule has 0 amide bonds. The summed E-state index contributed by atoms with van der Waals surface area (Å²) in [5.74, 6) is -3.12. The first-order chi connectivity index (χ1) is 7.91. The first-order valence-corrected chi connectivity index (χ1v) is 5.34. The molecule has 0 aliphatic rings. The number of ketones is 2. The molecule has 5 heteroatoms. The van der Waals surface area contributed by atoms with Crippen LogP contribution in [0.3, 0.4) is 0 Å². The van der Waals surface area contributed by atoms with Crippen molar-refractivity contribution in [1.29, 1.82) is 0 Å². The quantitative estimate of drug-likeness (QED) is 0.491. The van der Waals surface area contributed by atoms with Crippen molar-refractivity contribution in [3.63, 3.8) is 0 Å². The zero-order valence-corrected chi connectivity index (χ0v) is 10.5. The molecule has 1 aromatic rings. The third-order valence-electron chi connectivity index (χ3n) is 2.14. The molecule has 0 fully saturated rings. The average Bonchev–Trinajstić information content (AvgIpc) is 2.62. The molecule has 0 aromatic carbocycles. The lowest BCUT2D eigenvalue weighted by molar-refractivity contribution is -0.148. The van der Waals surface area contributed by atoms with E-state index < -0.39 is 24.0 Å². The highest BCUT2D eigenvalue weighted by Gasteiger charge is 2.18. The Morgan fingerprint density at radius 3 is 2.18 bits per heavy atom. The predicted molar refractivity (Wildman–Crippen MR) is 63.1 cm³/mol. The normalized spacial score (nSPS) is 9.18. The average molecular weight is 239 g/mol. The molecule has 0 spiro atoms. The van der Waals surface area contributed by atoms with Gasteiger partial charge in [-0.3, -0.25) is 9.59 Å². The second-order valence-electron chi connectivity index (χ2n) is 3.31. The van der Waals surface area contributed by atoms with Crippen LogP contribution in [0.2, 0.25) is 0 Å². The number of aliphatic carboxylic acids is 1. The molecule has 5 nitrogen and oxygen atoms in total. The fourth-order valence-electron chi connectivity index (χ4n) is 1.15. The highest BCUT2D eigenvalue weighted by Crippen LogP contribution is 2.08. The SMILES string of the molecule is CC.Cc1cc(C(=O)CC(=O)C(=O)O)cn1C. The number of carboxylic acid groups (broad SMARTS) is 1. The van der Waals surface area contributed by atoms with E-state index in [1.54, 1.807) is 23.9 Å². The van der Waals surface area contributed by atoms with E-state index in [1.165, 1.54) is 0 Å². The van der Waals surface area contributed by atoms with Crippen molar-refractivity contribution in [1.82, 2.24) is 4.57 Å². The van der Waals surface area contributed by atoms with Gasteiger partial charge < -0.3 is 9.67 Å². The van der Waals surface area contributed by atoms with Gasteiger partial charge in [0, 0.05) is 24.5 Å². The Morgan fingerprint density at radius 2 is 1.82 bits per heavy atom. The van der Waals surface area contributed by atoms with Crippen molar-refractivity contribution in [2.24, 2.45) is 7.05 Å². The predicted octanol–water partition coefficient (Wildman–Crippen LogP) is 1.59. The lowest BCUT2D eigenvalue weighted by Gasteiger charge is -1.93. The summed E-state index contributed by atoms with van der Waals surface area (Å²) in [6.07, 6.45) is 0.992. The van der Waals surface area contributed by atoms with Crippen LogP contribution < -0.4 is 0 Å². The van der Waals surface area contributed by atoms with Crippen LogP contribution >= 0.6 is 0 Å². The molecule has 0 saturated carbocycles. The van der Waals surface area contributed by atoms with E-state index in [0.29, 0.717) is 5.56 Å². The van der Waals surface area contributed by atoms with E-state index >= 15 is 0 Å². The number of rotatable bonds is 4. The number of hydrogen-bond acceptors (Lipinski definition) is 3. The molecule has 0 bridgehead atoms. The molecular formula is C12H17NO4. The molecular weight excluding hydrogens is 222 g/mol. The minimum atomic E-state index is -1.57. The third-order valence-corrected chi connectivity index (χ3v) is 2.14.